The quantitative estimate of drug-likeness (QED) is 0.695. The highest BCUT2D eigenvalue weighted by Crippen LogP contribution is 2.24. The molecule has 0 radical (unpaired) electrons. The first-order valence-electron chi connectivity index (χ1n) is 5.50. The van der Waals surface area contributed by atoms with Crippen molar-refractivity contribution in [1.29, 1.82) is 0 Å². The first-order chi connectivity index (χ1) is 7.77. The second kappa shape index (κ2) is 4.85. The second-order valence-electron chi connectivity index (χ2n) is 5.21. The fourth-order valence-corrected chi connectivity index (χ4v) is 1.44. The Morgan fingerprint density at radius 3 is 2.47 bits per heavy atom. The van der Waals surface area contributed by atoms with Crippen molar-refractivity contribution in [1.82, 2.24) is 0 Å². The first-order valence-corrected chi connectivity index (χ1v) is 5.50. The van der Waals surface area contributed by atoms with E-state index in [4.69, 9.17) is 10.8 Å². The average Bonchev–Trinajstić information content (AvgIpc) is 2.26. The number of hydrogen-bond donors (Lipinski definition) is 3. The molecule has 0 saturated heterocycles. The molecule has 1 unspecified atom stereocenters. The summed E-state index contributed by atoms with van der Waals surface area (Å²) in [6.07, 6.45) is 0. The molecule has 4 N–H and O–H groups in total. The van der Waals surface area contributed by atoms with Crippen LogP contribution in [0.2, 0.25) is 0 Å². The maximum absolute atomic E-state index is 12.1. The number of aliphatic hydroxyl groups is 1. The minimum atomic E-state index is -0.612. The van der Waals surface area contributed by atoms with E-state index in [0.717, 1.165) is 0 Å². The van der Waals surface area contributed by atoms with Gasteiger partial charge in [-0.3, -0.25) is 4.79 Å². The van der Waals surface area contributed by atoms with E-state index in [-0.39, 0.29) is 23.6 Å². The smallest absolute Gasteiger partial charge is 0.180 e. The summed E-state index contributed by atoms with van der Waals surface area (Å²) in [6, 6.07) is 3.78. The van der Waals surface area contributed by atoms with Crippen molar-refractivity contribution in [2.24, 2.45) is 11.1 Å². The van der Waals surface area contributed by atoms with Gasteiger partial charge in [0, 0.05) is 11.1 Å². The molecule has 0 fully saturated rings. The predicted molar refractivity (Wildman–Crippen MR) is 65.8 cm³/mol. The van der Waals surface area contributed by atoms with Gasteiger partial charge in [0.25, 0.3) is 0 Å². The monoisotopic (exact) mass is 237 g/mol. The van der Waals surface area contributed by atoms with Gasteiger partial charge < -0.3 is 15.9 Å². The van der Waals surface area contributed by atoms with Crippen LogP contribution in [0.4, 0.5) is 0 Å². The zero-order valence-corrected chi connectivity index (χ0v) is 10.4. The lowest BCUT2D eigenvalue weighted by Crippen LogP contribution is -2.42. The number of benzene rings is 1. The predicted octanol–water partition coefficient (Wildman–Crippen LogP) is 1.44. The standard InChI is InChI=1S/C13H19NO3/c1-13(2,3)12(14)11(17)8-4-5-10(16)9(6-8)7-15/h4-6,12,15-16H,7,14H2,1-3H3. The topological polar surface area (TPSA) is 83.6 Å². The van der Waals surface area contributed by atoms with Crippen molar-refractivity contribution in [2.45, 2.75) is 33.4 Å². The van der Waals surface area contributed by atoms with Gasteiger partial charge in [0.1, 0.15) is 5.75 Å². The molecule has 4 heteroatoms. The number of ketones is 1. The van der Waals surface area contributed by atoms with Gasteiger partial charge in [-0.25, -0.2) is 0 Å². The Labute approximate surface area is 101 Å². The molecule has 1 aromatic rings. The minimum absolute atomic E-state index is 0.0200. The molecule has 0 aliphatic rings. The molecule has 0 aliphatic heterocycles. The van der Waals surface area contributed by atoms with Gasteiger partial charge in [-0.05, 0) is 23.6 Å². The molecule has 1 atom stereocenters. The zero-order chi connectivity index (χ0) is 13.2. The molecule has 0 bridgehead atoms. The molecule has 0 heterocycles. The van der Waals surface area contributed by atoms with Gasteiger partial charge in [-0.15, -0.1) is 0 Å². The van der Waals surface area contributed by atoms with Crippen LogP contribution in [0, 0.1) is 5.41 Å². The molecule has 0 spiro atoms. The highest BCUT2D eigenvalue weighted by Gasteiger charge is 2.28. The van der Waals surface area contributed by atoms with Crippen LogP contribution in [0.1, 0.15) is 36.7 Å². The van der Waals surface area contributed by atoms with Crippen LogP contribution in [0.3, 0.4) is 0 Å². The summed E-state index contributed by atoms with van der Waals surface area (Å²) in [4.78, 5) is 12.1. The fraction of sp³-hybridized carbons (Fsp3) is 0.462. The minimum Gasteiger partial charge on any atom is -0.508 e. The van der Waals surface area contributed by atoms with E-state index >= 15 is 0 Å². The third kappa shape index (κ3) is 3.05. The van der Waals surface area contributed by atoms with Crippen LogP contribution in [0.15, 0.2) is 18.2 Å². The lowest BCUT2D eigenvalue weighted by molar-refractivity contribution is 0.0901. The molecule has 94 valence electrons. The van der Waals surface area contributed by atoms with E-state index in [2.05, 4.69) is 0 Å². The number of carbonyl (C=O) groups excluding carboxylic acids is 1. The number of hydrogen-bond acceptors (Lipinski definition) is 4. The highest BCUT2D eigenvalue weighted by atomic mass is 16.3. The van der Waals surface area contributed by atoms with E-state index in [1.54, 1.807) is 0 Å². The number of carbonyl (C=O) groups is 1. The average molecular weight is 237 g/mol. The second-order valence-corrected chi connectivity index (χ2v) is 5.21. The van der Waals surface area contributed by atoms with Crippen molar-refractivity contribution in [2.75, 3.05) is 0 Å². The fourth-order valence-electron chi connectivity index (χ4n) is 1.44. The van der Waals surface area contributed by atoms with Crippen LogP contribution >= 0.6 is 0 Å². The summed E-state index contributed by atoms with van der Waals surface area (Å²) >= 11 is 0. The van der Waals surface area contributed by atoms with Gasteiger partial charge in [0.05, 0.1) is 12.6 Å². The van der Waals surface area contributed by atoms with Crippen LogP contribution in [-0.2, 0) is 6.61 Å². The van der Waals surface area contributed by atoms with Gasteiger partial charge in [0.15, 0.2) is 5.78 Å². The summed E-state index contributed by atoms with van der Waals surface area (Å²) in [5.74, 6) is -0.208. The summed E-state index contributed by atoms with van der Waals surface area (Å²) < 4.78 is 0. The van der Waals surface area contributed by atoms with E-state index in [1.807, 2.05) is 20.8 Å². The van der Waals surface area contributed by atoms with Gasteiger partial charge in [-0.1, -0.05) is 20.8 Å². The lowest BCUT2D eigenvalue weighted by atomic mass is 9.82. The van der Waals surface area contributed by atoms with E-state index in [0.29, 0.717) is 11.1 Å². The molecule has 0 aromatic heterocycles. The van der Waals surface area contributed by atoms with E-state index in [1.165, 1.54) is 18.2 Å². The summed E-state index contributed by atoms with van der Waals surface area (Å²) in [7, 11) is 0. The molecular formula is C13H19NO3. The summed E-state index contributed by atoms with van der Waals surface area (Å²) in [5.41, 5.74) is 6.30. The van der Waals surface area contributed by atoms with Crippen LogP contribution in [0.25, 0.3) is 0 Å². The molecule has 0 saturated carbocycles. The maximum Gasteiger partial charge on any atom is 0.180 e. The van der Waals surface area contributed by atoms with Crippen molar-refractivity contribution >= 4 is 5.78 Å². The number of nitrogens with two attached hydrogens (primary N) is 1. The van der Waals surface area contributed by atoms with Gasteiger partial charge in [0.2, 0.25) is 0 Å². The SMILES string of the molecule is CC(C)(C)C(N)C(=O)c1ccc(O)c(CO)c1. The van der Waals surface area contributed by atoms with Crippen LogP contribution in [0.5, 0.6) is 5.75 Å². The molecule has 17 heavy (non-hydrogen) atoms. The Hall–Kier alpha value is -1.39. The number of aromatic hydroxyl groups is 1. The molecule has 1 aromatic carbocycles. The van der Waals surface area contributed by atoms with E-state index in [9.17, 15) is 9.90 Å². The Bertz CT molecular complexity index is 421. The number of aliphatic hydroxyl groups excluding tert-OH is 1. The summed E-state index contributed by atoms with van der Waals surface area (Å²) in [5, 5.41) is 18.4. The van der Waals surface area contributed by atoms with Crippen molar-refractivity contribution < 1.29 is 15.0 Å². The number of phenols is 1. The van der Waals surface area contributed by atoms with Gasteiger partial charge >= 0.3 is 0 Å². The Kier molecular flexibility index (Phi) is 3.91. The zero-order valence-electron chi connectivity index (χ0n) is 10.4. The van der Waals surface area contributed by atoms with Crippen molar-refractivity contribution in [3.05, 3.63) is 29.3 Å². The normalized spacial score (nSPS) is 13.5. The number of Topliss-reactive ketones (excluding diaryl/α,β-unsaturated/α-hetero) is 1. The van der Waals surface area contributed by atoms with Gasteiger partial charge in [-0.2, -0.15) is 0 Å². The molecule has 0 aliphatic carbocycles. The largest absolute Gasteiger partial charge is 0.508 e. The highest BCUT2D eigenvalue weighted by molar-refractivity contribution is 6.00. The third-order valence-corrected chi connectivity index (χ3v) is 2.75. The molecule has 4 nitrogen and oxygen atoms in total. The molecule has 1 rings (SSSR count). The Morgan fingerprint density at radius 2 is 2.00 bits per heavy atom. The Morgan fingerprint density at radius 1 is 1.41 bits per heavy atom. The van der Waals surface area contributed by atoms with Crippen LogP contribution in [-0.4, -0.2) is 22.0 Å². The third-order valence-electron chi connectivity index (χ3n) is 2.75. The lowest BCUT2D eigenvalue weighted by Gasteiger charge is -2.25. The van der Waals surface area contributed by atoms with Crippen molar-refractivity contribution in [3.8, 4) is 5.75 Å². The van der Waals surface area contributed by atoms with Crippen LogP contribution < -0.4 is 5.73 Å². The first kappa shape index (κ1) is 13.7. The molecule has 0 amide bonds. The number of rotatable bonds is 3. The summed E-state index contributed by atoms with van der Waals surface area (Å²) in [6.45, 7) is 5.37. The molecular weight excluding hydrogens is 218 g/mol. The van der Waals surface area contributed by atoms with Crippen molar-refractivity contribution in [3.63, 3.8) is 0 Å². The Balaban J connectivity index is 3.05. The van der Waals surface area contributed by atoms with E-state index < -0.39 is 6.04 Å². The maximum atomic E-state index is 12.1.